The van der Waals surface area contributed by atoms with E-state index in [4.69, 9.17) is 4.74 Å². The van der Waals surface area contributed by atoms with E-state index in [0.717, 1.165) is 30.7 Å². The molecule has 2 atom stereocenters. The molecule has 0 bridgehead atoms. The number of ether oxygens (including phenoxy) is 1. The molecule has 1 heterocycles. The monoisotopic (exact) mass is 328 g/mol. The lowest BCUT2D eigenvalue weighted by Gasteiger charge is -2.16. The average Bonchev–Trinajstić information content (AvgIpc) is 2.98. The largest absolute Gasteiger partial charge is 0.491 e. The van der Waals surface area contributed by atoms with Crippen LogP contribution in [0.15, 0.2) is 24.3 Å². The Morgan fingerprint density at radius 1 is 1.50 bits per heavy atom. The summed E-state index contributed by atoms with van der Waals surface area (Å²) in [6.45, 7) is 5.01. The van der Waals surface area contributed by atoms with Crippen molar-refractivity contribution in [3.05, 3.63) is 29.8 Å². The summed E-state index contributed by atoms with van der Waals surface area (Å²) in [5.41, 5.74) is 0.743. The molecule has 0 aromatic heterocycles. The number of amides is 1. The van der Waals surface area contributed by atoms with Gasteiger partial charge in [0, 0.05) is 6.54 Å². The summed E-state index contributed by atoms with van der Waals surface area (Å²) < 4.78 is 5.60. The first-order valence-corrected chi connectivity index (χ1v) is 7.52. The molecule has 1 amide bonds. The third-order valence-corrected chi connectivity index (χ3v) is 3.46. The second kappa shape index (κ2) is 8.98. The Labute approximate surface area is 137 Å². The van der Waals surface area contributed by atoms with E-state index in [-0.39, 0.29) is 37.0 Å². The molecule has 2 unspecified atom stereocenters. The number of carbonyl (C=O) groups excluding carboxylic acids is 1. The summed E-state index contributed by atoms with van der Waals surface area (Å²) in [6.07, 6.45) is 1.24. The topological polar surface area (TPSA) is 70.6 Å². The van der Waals surface area contributed by atoms with Gasteiger partial charge in [-0.15, -0.1) is 12.4 Å². The maximum absolute atomic E-state index is 11.9. The Kier molecular flexibility index (Phi) is 7.65. The van der Waals surface area contributed by atoms with Crippen LogP contribution in [-0.2, 0) is 4.79 Å². The molecule has 0 saturated carbocycles. The fourth-order valence-corrected chi connectivity index (χ4v) is 2.41. The molecule has 0 radical (unpaired) electrons. The number of aliphatic hydroxyl groups excluding tert-OH is 1. The summed E-state index contributed by atoms with van der Waals surface area (Å²) in [7, 11) is 0. The van der Waals surface area contributed by atoms with E-state index in [1.807, 2.05) is 38.1 Å². The SMILES string of the molecule is CC(C)Oc1cccc(C(O)CNC(=O)C2CCCN2)c1.Cl. The molecule has 3 N–H and O–H groups in total. The second-order valence-electron chi connectivity index (χ2n) is 5.65. The van der Waals surface area contributed by atoms with Crippen molar-refractivity contribution in [2.75, 3.05) is 13.1 Å². The van der Waals surface area contributed by atoms with Crippen molar-refractivity contribution < 1.29 is 14.6 Å². The van der Waals surface area contributed by atoms with Gasteiger partial charge in [-0.2, -0.15) is 0 Å². The number of hydrogen-bond acceptors (Lipinski definition) is 4. The van der Waals surface area contributed by atoms with Gasteiger partial charge in [-0.3, -0.25) is 4.79 Å². The second-order valence-corrected chi connectivity index (χ2v) is 5.65. The van der Waals surface area contributed by atoms with E-state index >= 15 is 0 Å². The van der Waals surface area contributed by atoms with Crippen LogP contribution < -0.4 is 15.4 Å². The van der Waals surface area contributed by atoms with Crippen LogP contribution in [0.25, 0.3) is 0 Å². The number of halogens is 1. The van der Waals surface area contributed by atoms with E-state index in [1.54, 1.807) is 0 Å². The van der Waals surface area contributed by atoms with Crippen LogP contribution in [-0.4, -0.2) is 36.2 Å². The number of benzene rings is 1. The van der Waals surface area contributed by atoms with Crippen molar-refractivity contribution in [2.45, 2.75) is 44.9 Å². The number of aliphatic hydroxyl groups is 1. The molecule has 6 heteroatoms. The van der Waals surface area contributed by atoms with E-state index in [2.05, 4.69) is 10.6 Å². The highest BCUT2D eigenvalue weighted by Gasteiger charge is 2.22. The fourth-order valence-electron chi connectivity index (χ4n) is 2.41. The molecule has 1 fully saturated rings. The van der Waals surface area contributed by atoms with Gasteiger partial charge >= 0.3 is 0 Å². The van der Waals surface area contributed by atoms with Crippen molar-refractivity contribution in [1.82, 2.24) is 10.6 Å². The van der Waals surface area contributed by atoms with Crippen molar-refractivity contribution >= 4 is 18.3 Å². The van der Waals surface area contributed by atoms with Crippen LogP contribution >= 0.6 is 12.4 Å². The van der Waals surface area contributed by atoms with Crippen molar-refractivity contribution in [2.24, 2.45) is 0 Å². The van der Waals surface area contributed by atoms with E-state index < -0.39 is 6.10 Å². The van der Waals surface area contributed by atoms with Crippen LogP contribution in [0.2, 0.25) is 0 Å². The molecular formula is C16H25ClN2O3. The Hall–Kier alpha value is -1.30. The van der Waals surface area contributed by atoms with E-state index in [0.29, 0.717) is 0 Å². The average molecular weight is 329 g/mol. The van der Waals surface area contributed by atoms with Gasteiger partial charge in [-0.1, -0.05) is 12.1 Å². The summed E-state index contributed by atoms with van der Waals surface area (Å²) >= 11 is 0. The molecule has 124 valence electrons. The highest BCUT2D eigenvalue weighted by atomic mass is 35.5. The van der Waals surface area contributed by atoms with Gasteiger partial charge in [0.1, 0.15) is 5.75 Å². The highest BCUT2D eigenvalue weighted by molar-refractivity contribution is 5.85. The summed E-state index contributed by atoms with van der Waals surface area (Å²) in [6, 6.07) is 7.23. The third kappa shape index (κ3) is 5.48. The smallest absolute Gasteiger partial charge is 0.237 e. The van der Waals surface area contributed by atoms with E-state index in [9.17, 15) is 9.90 Å². The van der Waals surface area contributed by atoms with Gasteiger partial charge < -0.3 is 20.5 Å². The van der Waals surface area contributed by atoms with Gasteiger partial charge in [0.15, 0.2) is 0 Å². The summed E-state index contributed by atoms with van der Waals surface area (Å²) in [5.74, 6) is 0.687. The highest BCUT2D eigenvalue weighted by Crippen LogP contribution is 2.20. The minimum absolute atomic E-state index is 0. The first kappa shape index (κ1) is 18.7. The minimum Gasteiger partial charge on any atom is -0.491 e. The van der Waals surface area contributed by atoms with Crippen LogP contribution in [0.3, 0.4) is 0 Å². The van der Waals surface area contributed by atoms with Crippen molar-refractivity contribution in [3.63, 3.8) is 0 Å². The van der Waals surface area contributed by atoms with Crippen LogP contribution in [0.1, 0.15) is 38.4 Å². The lowest BCUT2D eigenvalue weighted by molar-refractivity contribution is -0.123. The zero-order valence-electron chi connectivity index (χ0n) is 13.0. The molecule has 1 aliphatic heterocycles. The molecule has 2 rings (SSSR count). The van der Waals surface area contributed by atoms with Crippen LogP contribution in [0, 0.1) is 0 Å². The predicted octanol–water partition coefficient (Wildman–Crippen LogP) is 1.80. The molecule has 1 aromatic rings. The Bertz CT molecular complexity index is 476. The Morgan fingerprint density at radius 2 is 2.27 bits per heavy atom. The molecule has 1 aliphatic rings. The summed E-state index contributed by atoms with van der Waals surface area (Å²) in [4.78, 5) is 11.9. The molecule has 22 heavy (non-hydrogen) atoms. The lowest BCUT2D eigenvalue weighted by Crippen LogP contribution is -2.41. The van der Waals surface area contributed by atoms with Gasteiger partial charge in [-0.05, 0) is 50.9 Å². The molecule has 1 aromatic carbocycles. The van der Waals surface area contributed by atoms with Crippen molar-refractivity contribution in [1.29, 1.82) is 0 Å². The molecule has 5 nitrogen and oxygen atoms in total. The molecule has 0 spiro atoms. The number of nitrogens with one attached hydrogen (secondary N) is 2. The first-order chi connectivity index (χ1) is 10.1. The van der Waals surface area contributed by atoms with E-state index in [1.165, 1.54) is 0 Å². The maximum Gasteiger partial charge on any atom is 0.237 e. The van der Waals surface area contributed by atoms with Gasteiger partial charge in [0.05, 0.1) is 18.2 Å². The molecular weight excluding hydrogens is 304 g/mol. The fraction of sp³-hybridized carbons (Fsp3) is 0.562. The predicted molar refractivity (Wildman–Crippen MR) is 88.4 cm³/mol. The molecule has 1 saturated heterocycles. The maximum atomic E-state index is 11.9. The van der Waals surface area contributed by atoms with Gasteiger partial charge in [0.25, 0.3) is 0 Å². The molecule has 0 aliphatic carbocycles. The normalized spacial score (nSPS) is 18.6. The van der Waals surface area contributed by atoms with Gasteiger partial charge in [0.2, 0.25) is 5.91 Å². The number of carbonyl (C=O) groups is 1. The zero-order valence-corrected chi connectivity index (χ0v) is 13.9. The first-order valence-electron chi connectivity index (χ1n) is 7.52. The van der Waals surface area contributed by atoms with Crippen LogP contribution in [0.5, 0.6) is 5.75 Å². The summed E-state index contributed by atoms with van der Waals surface area (Å²) in [5, 5.41) is 16.1. The zero-order chi connectivity index (χ0) is 15.2. The quantitative estimate of drug-likeness (QED) is 0.744. The van der Waals surface area contributed by atoms with Crippen molar-refractivity contribution in [3.8, 4) is 5.75 Å². The minimum atomic E-state index is -0.730. The third-order valence-electron chi connectivity index (χ3n) is 3.46. The van der Waals surface area contributed by atoms with Gasteiger partial charge in [-0.25, -0.2) is 0 Å². The lowest BCUT2D eigenvalue weighted by atomic mass is 10.1. The van der Waals surface area contributed by atoms with Crippen LogP contribution in [0.4, 0.5) is 0 Å². The Morgan fingerprint density at radius 3 is 2.91 bits per heavy atom. The standard InChI is InChI=1S/C16H24N2O3.ClH/c1-11(2)21-13-6-3-5-12(9-13)15(19)10-18-16(20)14-7-4-8-17-14;/h3,5-6,9,11,14-15,17,19H,4,7-8,10H2,1-2H3,(H,18,20);1H. The number of hydrogen-bond donors (Lipinski definition) is 3. The Balaban J connectivity index is 0.00000242. The number of rotatable bonds is 6.